The van der Waals surface area contributed by atoms with Crippen LogP contribution in [0.1, 0.15) is 19.3 Å². The average Bonchev–Trinajstić information content (AvgIpc) is 2.31. The molecule has 2 heterocycles. The van der Waals surface area contributed by atoms with E-state index in [-0.39, 0.29) is 0 Å². The Morgan fingerprint density at radius 1 is 1.13 bits per heavy atom. The molecule has 2 bridgehead atoms. The number of ketones is 1. The highest BCUT2D eigenvalue weighted by molar-refractivity contribution is 5.85. The third-order valence-corrected chi connectivity index (χ3v) is 3.69. The molecule has 1 saturated carbocycles. The number of para-hydroxylation sites is 1. The molecule has 1 aliphatic carbocycles. The van der Waals surface area contributed by atoms with Gasteiger partial charge in [0.05, 0.1) is 0 Å². The zero-order chi connectivity index (χ0) is 10.3. The van der Waals surface area contributed by atoms with Gasteiger partial charge in [-0.15, -0.1) is 0 Å². The topological polar surface area (TPSA) is 20.3 Å². The van der Waals surface area contributed by atoms with Crippen molar-refractivity contribution in [2.75, 3.05) is 11.4 Å². The van der Waals surface area contributed by atoms with Gasteiger partial charge in [0.25, 0.3) is 0 Å². The Hall–Kier alpha value is -1.31. The molecule has 78 valence electrons. The quantitative estimate of drug-likeness (QED) is 0.694. The lowest BCUT2D eigenvalue weighted by atomic mass is 9.78. The van der Waals surface area contributed by atoms with Gasteiger partial charge in [0.1, 0.15) is 5.78 Å². The number of nitrogens with zero attached hydrogens (tertiary/aromatic N) is 1. The Labute approximate surface area is 89.9 Å². The molecule has 3 aliphatic rings. The van der Waals surface area contributed by atoms with Crippen molar-refractivity contribution in [3.05, 3.63) is 30.3 Å². The summed E-state index contributed by atoms with van der Waals surface area (Å²) in [6.45, 7) is 0.938. The number of carbonyl (C=O) groups excluding carboxylic acids is 1. The third-order valence-electron chi connectivity index (χ3n) is 3.69. The van der Waals surface area contributed by atoms with Crippen LogP contribution in [0.3, 0.4) is 0 Å². The van der Waals surface area contributed by atoms with E-state index in [9.17, 15) is 4.79 Å². The fourth-order valence-corrected chi connectivity index (χ4v) is 2.84. The summed E-state index contributed by atoms with van der Waals surface area (Å²) in [6, 6.07) is 10.9. The highest BCUT2D eigenvalue weighted by atomic mass is 16.1. The van der Waals surface area contributed by atoms with E-state index in [1.165, 1.54) is 12.1 Å². The van der Waals surface area contributed by atoms with Crippen LogP contribution in [0.5, 0.6) is 0 Å². The number of fused-ring (bicyclic) bond motifs is 3. The normalized spacial score (nSPS) is 29.6. The molecule has 0 aromatic heterocycles. The first-order valence-electron chi connectivity index (χ1n) is 5.69. The maximum atomic E-state index is 11.6. The molecule has 15 heavy (non-hydrogen) atoms. The molecule has 0 amide bonds. The molecule has 0 spiro atoms. The molecule has 1 aromatic rings. The molecule has 0 unspecified atom stereocenters. The Balaban J connectivity index is 1.88. The van der Waals surface area contributed by atoms with E-state index in [1.807, 2.05) is 6.07 Å². The van der Waals surface area contributed by atoms with Crippen molar-refractivity contribution in [1.82, 2.24) is 0 Å². The van der Waals surface area contributed by atoms with Crippen molar-refractivity contribution in [2.45, 2.75) is 25.3 Å². The van der Waals surface area contributed by atoms with Gasteiger partial charge in [0.2, 0.25) is 0 Å². The van der Waals surface area contributed by atoms with Crippen LogP contribution < -0.4 is 4.90 Å². The van der Waals surface area contributed by atoms with Crippen molar-refractivity contribution in [3.8, 4) is 0 Å². The highest BCUT2D eigenvalue weighted by Gasteiger charge is 2.39. The Kier molecular flexibility index (Phi) is 2.01. The monoisotopic (exact) mass is 201 g/mol. The van der Waals surface area contributed by atoms with Crippen LogP contribution in [0.25, 0.3) is 0 Å². The molecule has 0 N–H and O–H groups in total. The van der Waals surface area contributed by atoms with E-state index in [0.717, 1.165) is 19.4 Å². The Morgan fingerprint density at radius 3 is 2.53 bits per heavy atom. The predicted octanol–water partition coefficient (Wildman–Crippen LogP) is 2.24. The van der Waals surface area contributed by atoms with Crippen LogP contribution in [-0.2, 0) is 4.79 Å². The van der Waals surface area contributed by atoms with E-state index in [0.29, 0.717) is 17.7 Å². The summed E-state index contributed by atoms with van der Waals surface area (Å²) in [5.74, 6) is 0.786. The molecule has 2 aliphatic heterocycles. The first-order chi connectivity index (χ1) is 7.34. The molecule has 2 saturated heterocycles. The van der Waals surface area contributed by atoms with Crippen molar-refractivity contribution in [2.24, 2.45) is 5.92 Å². The molecular weight excluding hydrogens is 186 g/mol. The molecule has 2 atom stereocenters. The summed E-state index contributed by atoms with van der Waals surface area (Å²) in [5, 5.41) is 0. The number of hydrogen-bond donors (Lipinski definition) is 0. The van der Waals surface area contributed by atoms with Crippen LogP contribution in [0.2, 0.25) is 0 Å². The van der Waals surface area contributed by atoms with Crippen molar-refractivity contribution >= 4 is 11.5 Å². The van der Waals surface area contributed by atoms with Crippen LogP contribution in [0, 0.1) is 5.92 Å². The van der Waals surface area contributed by atoms with E-state index >= 15 is 0 Å². The molecule has 2 heteroatoms. The summed E-state index contributed by atoms with van der Waals surface area (Å²) >= 11 is 0. The second-order valence-corrected chi connectivity index (χ2v) is 4.59. The minimum Gasteiger partial charge on any atom is -0.367 e. The molecule has 0 radical (unpaired) electrons. The number of anilines is 1. The first kappa shape index (κ1) is 8.96. The van der Waals surface area contributed by atoms with Crippen LogP contribution in [0.15, 0.2) is 30.3 Å². The fraction of sp³-hybridized carbons (Fsp3) is 0.462. The second-order valence-electron chi connectivity index (χ2n) is 4.59. The maximum Gasteiger partial charge on any atom is 0.139 e. The molecule has 2 nitrogen and oxygen atoms in total. The van der Waals surface area contributed by atoms with Crippen molar-refractivity contribution < 1.29 is 4.79 Å². The smallest absolute Gasteiger partial charge is 0.139 e. The minimum atomic E-state index is 0.301. The average molecular weight is 201 g/mol. The predicted molar refractivity (Wildman–Crippen MR) is 59.9 cm³/mol. The lowest BCUT2D eigenvalue weighted by molar-refractivity contribution is -0.126. The summed E-state index contributed by atoms with van der Waals surface area (Å²) in [6.07, 6.45) is 3.05. The number of Topliss-reactive ketones (excluding diaryl/α,β-unsaturated/α-hetero) is 1. The lowest BCUT2D eigenvalue weighted by Gasteiger charge is -2.45. The molecule has 1 aromatic carbocycles. The molecule has 3 fully saturated rings. The Bertz CT molecular complexity index is 373. The summed E-state index contributed by atoms with van der Waals surface area (Å²) < 4.78 is 0. The standard InChI is InChI=1S/C13H15NO/c15-13-8-12-7-6-10(13)9-14(12)11-4-2-1-3-5-11/h1-5,10,12H,6-9H2/t10-,12-/m0/s1. The van der Waals surface area contributed by atoms with Gasteiger partial charge in [-0.05, 0) is 25.0 Å². The molecule has 4 rings (SSSR count). The van der Waals surface area contributed by atoms with Crippen LogP contribution >= 0.6 is 0 Å². The van der Waals surface area contributed by atoms with Crippen molar-refractivity contribution in [3.63, 3.8) is 0 Å². The van der Waals surface area contributed by atoms with Crippen LogP contribution in [0.4, 0.5) is 5.69 Å². The number of carbonyl (C=O) groups is 1. The third kappa shape index (κ3) is 1.44. The SMILES string of the molecule is O=C1C[C@@H]2CC[C@H]1CN2c1ccccc1. The van der Waals surface area contributed by atoms with Crippen molar-refractivity contribution in [1.29, 1.82) is 0 Å². The number of rotatable bonds is 1. The van der Waals surface area contributed by atoms with Gasteiger partial charge in [-0.3, -0.25) is 4.79 Å². The highest BCUT2D eigenvalue weighted by Crippen LogP contribution is 2.35. The number of hydrogen-bond acceptors (Lipinski definition) is 2. The van der Waals surface area contributed by atoms with Gasteiger partial charge in [0, 0.05) is 30.6 Å². The lowest BCUT2D eigenvalue weighted by Crippen LogP contribution is -2.52. The van der Waals surface area contributed by atoms with Gasteiger partial charge in [-0.25, -0.2) is 0 Å². The fourth-order valence-electron chi connectivity index (χ4n) is 2.84. The van der Waals surface area contributed by atoms with Gasteiger partial charge in [-0.1, -0.05) is 18.2 Å². The zero-order valence-corrected chi connectivity index (χ0v) is 8.73. The summed E-state index contributed by atoms with van der Waals surface area (Å²) in [7, 11) is 0. The minimum absolute atomic E-state index is 0.301. The van der Waals surface area contributed by atoms with Gasteiger partial charge < -0.3 is 4.90 Å². The maximum absolute atomic E-state index is 11.6. The van der Waals surface area contributed by atoms with E-state index < -0.39 is 0 Å². The van der Waals surface area contributed by atoms with E-state index in [1.54, 1.807) is 0 Å². The zero-order valence-electron chi connectivity index (χ0n) is 8.73. The van der Waals surface area contributed by atoms with Gasteiger partial charge in [-0.2, -0.15) is 0 Å². The Morgan fingerprint density at radius 2 is 1.93 bits per heavy atom. The first-order valence-corrected chi connectivity index (χ1v) is 5.69. The number of piperidine rings is 2. The largest absolute Gasteiger partial charge is 0.367 e. The second kappa shape index (κ2) is 3.37. The van der Waals surface area contributed by atoms with Gasteiger partial charge >= 0.3 is 0 Å². The van der Waals surface area contributed by atoms with Crippen LogP contribution in [-0.4, -0.2) is 18.4 Å². The summed E-state index contributed by atoms with van der Waals surface area (Å²) in [5.41, 5.74) is 1.28. The van der Waals surface area contributed by atoms with E-state index in [4.69, 9.17) is 0 Å². The van der Waals surface area contributed by atoms with Gasteiger partial charge in [0.15, 0.2) is 0 Å². The molecular formula is C13H15NO. The summed E-state index contributed by atoms with van der Waals surface area (Å²) in [4.78, 5) is 14.0. The number of benzene rings is 1. The van der Waals surface area contributed by atoms with E-state index in [2.05, 4.69) is 29.2 Å².